The second kappa shape index (κ2) is 8.86. The number of carbonyl (C=O) groups is 2. The van der Waals surface area contributed by atoms with Gasteiger partial charge in [0.1, 0.15) is 6.04 Å². The summed E-state index contributed by atoms with van der Waals surface area (Å²) in [5, 5.41) is 14.3. The normalized spacial score (nSPS) is 11.8. The molecule has 1 aromatic rings. The first kappa shape index (κ1) is 17.7. The van der Waals surface area contributed by atoms with Crippen molar-refractivity contribution < 1.29 is 19.4 Å². The lowest BCUT2D eigenvalue weighted by atomic mass is 10.1. The van der Waals surface area contributed by atoms with Crippen molar-refractivity contribution in [1.82, 2.24) is 5.32 Å². The highest BCUT2D eigenvalue weighted by atomic mass is 79.9. The third-order valence-electron chi connectivity index (χ3n) is 2.62. The number of halogens is 2. The maximum atomic E-state index is 11.8. The Hall–Kier alpha value is -1.31. The summed E-state index contributed by atoms with van der Waals surface area (Å²) in [5.74, 6) is -1.09. The quantitative estimate of drug-likeness (QED) is 0.635. The minimum absolute atomic E-state index is 0.282. The molecule has 2 amide bonds. The number of urea groups is 1. The molecule has 0 spiro atoms. The van der Waals surface area contributed by atoms with Gasteiger partial charge in [-0.05, 0) is 31.0 Å². The van der Waals surface area contributed by atoms with Crippen LogP contribution in [-0.2, 0) is 9.53 Å². The topological polar surface area (TPSA) is 87.7 Å². The molecule has 0 aromatic heterocycles. The van der Waals surface area contributed by atoms with Crippen LogP contribution in [0.25, 0.3) is 0 Å². The first-order chi connectivity index (χ1) is 9.93. The van der Waals surface area contributed by atoms with Crippen LogP contribution < -0.4 is 10.6 Å². The van der Waals surface area contributed by atoms with Crippen molar-refractivity contribution in [3.05, 3.63) is 27.7 Å². The van der Waals surface area contributed by atoms with Crippen LogP contribution in [0.4, 0.5) is 10.5 Å². The lowest BCUT2D eigenvalue weighted by Crippen LogP contribution is -2.43. The van der Waals surface area contributed by atoms with E-state index < -0.39 is 18.0 Å². The van der Waals surface area contributed by atoms with Crippen LogP contribution in [0.2, 0.25) is 5.02 Å². The molecule has 0 aliphatic carbocycles. The number of methoxy groups -OCH3 is 1. The number of anilines is 1. The summed E-state index contributed by atoms with van der Waals surface area (Å²) in [6.07, 6.45) is 0.817. The van der Waals surface area contributed by atoms with Crippen molar-refractivity contribution >= 4 is 45.2 Å². The van der Waals surface area contributed by atoms with Crippen molar-refractivity contribution in [1.29, 1.82) is 0 Å². The fraction of sp³-hybridized carbons (Fsp3) is 0.385. The van der Waals surface area contributed by atoms with Gasteiger partial charge in [-0.3, -0.25) is 0 Å². The van der Waals surface area contributed by atoms with Gasteiger partial charge in [-0.1, -0.05) is 27.5 Å². The summed E-state index contributed by atoms with van der Waals surface area (Å²) < 4.78 is 5.64. The summed E-state index contributed by atoms with van der Waals surface area (Å²) >= 11 is 9.22. The van der Waals surface area contributed by atoms with E-state index in [1.54, 1.807) is 18.2 Å². The van der Waals surface area contributed by atoms with Crippen LogP contribution in [0.15, 0.2) is 22.7 Å². The second-order valence-electron chi connectivity index (χ2n) is 4.25. The van der Waals surface area contributed by atoms with E-state index in [0.29, 0.717) is 23.7 Å². The summed E-state index contributed by atoms with van der Waals surface area (Å²) in [7, 11) is 1.53. The average molecular weight is 380 g/mol. The molecule has 0 fully saturated rings. The number of rotatable bonds is 7. The predicted octanol–water partition coefficient (Wildman–Crippen LogP) is 3.10. The van der Waals surface area contributed by atoms with Crippen molar-refractivity contribution in [2.75, 3.05) is 19.0 Å². The Morgan fingerprint density at radius 3 is 2.76 bits per heavy atom. The highest BCUT2D eigenvalue weighted by molar-refractivity contribution is 9.10. The molecule has 8 heteroatoms. The van der Waals surface area contributed by atoms with Crippen LogP contribution >= 0.6 is 27.5 Å². The molecule has 21 heavy (non-hydrogen) atoms. The number of hydrogen-bond donors (Lipinski definition) is 3. The third-order valence-corrected chi connectivity index (χ3v) is 3.43. The van der Waals surface area contributed by atoms with Crippen LogP contribution in [0.5, 0.6) is 0 Å². The molecule has 1 atom stereocenters. The van der Waals surface area contributed by atoms with Crippen LogP contribution in [0.1, 0.15) is 12.8 Å². The molecular formula is C13H16BrClN2O4. The van der Waals surface area contributed by atoms with Gasteiger partial charge < -0.3 is 20.5 Å². The lowest BCUT2D eigenvalue weighted by molar-refractivity contribution is -0.139. The van der Waals surface area contributed by atoms with Crippen LogP contribution in [-0.4, -0.2) is 36.9 Å². The standard InChI is InChI=1S/C13H16BrClN2O4/c1-21-6-2-3-11(12(18)19)17-13(20)16-10-5-4-8(14)7-9(10)15/h4-5,7,11H,2-3,6H2,1H3,(H,18,19)(H2,16,17,20). The highest BCUT2D eigenvalue weighted by Crippen LogP contribution is 2.25. The SMILES string of the molecule is COCCCC(NC(=O)Nc1ccc(Br)cc1Cl)C(=O)O. The molecule has 1 unspecified atom stereocenters. The van der Waals surface area contributed by atoms with E-state index in [2.05, 4.69) is 26.6 Å². The first-order valence-corrected chi connectivity index (χ1v) is 7.35. The minimum Gasteiger partial charge on any atom is -0.480 e. The largest absolute Gasteiger partial charge is 0.480 e. The summed E-state index contributed by atoms with van der Waals surface area (Å²) in [4.78, 5) is 22.9. The fourth-order valence-corrected chi connectivity index (χ4v) is 2.32. The number of aliphatic carboxylic acids is 1. The molecule has 0 heterocycles. The molecule has 0 radical (unpaired) electrons. The Labute approximate surface area is 135 Å². The van der Waals surface area contributed by atoms with Crippen molar-refractivity contribution in [3.63, 3.8) is 0 Å². The molecule has 0 aliphatic rings. The number of carbonyl (C=O) groups excluding carboxylic acids is 1. The van der Waals surface area contributed by atoms with Gasteiger partial charge in [0.2, 0.25) is 0 Å². The number of carboxylic acids is 1. The Morgan fingerprint density at radius 1 is 1.48 bits per heavy atom. The van der Waals surface area contributed by atoms with Gasteiger partial charge in [-0.15, -0.1) is 0 Å². The van der Waals surface area contributed by atoms with Crippen molar-refractivity contribution in [2.45, 2.75) is 18.9 Å². The smallest absolute Gasteiger partial charge is 0.326 e. The monoisotopic (exact) mass is 378 g/mol. The third kappa shape index (κ3) is 6.33. The molecule has 1 rings (SSSR count). The number of hydrogen-bond acceptors (Lipinski definition) is 3. The van der Waals surface area contributed by atoms with E-state index in [9.17, 15) is 9.59 Å². The Balaban J connectivity index is 2.59. The maximum absolute atomic E-state index is 11.8. The number of nitrogens with one attached hydrogen (secondary N) is 2. The zero-order valence-electron chi connectivity index (χ0n) is 11.4. The van der Waals surface area contributed by atoms with Gasteiger partial charge in [-0.25, -0.2) is 9.59 Å². The summed E-state index contributed by atoms with van der Waals surface area (Å²) in [5.41, 5.74) is 0.401. The van der Waals surface area contributed by atoms with E-state index in [1.807, 2.05) is 0 Å². The predicted molar refractivity (Wildman–Crippen MR) is 83.8 cm³/mol. The molecule has 3 N–H and O–H groups in total. The minimum atomic E-state index is -1.09. The van der Waals surface area contributed by atoms with E-state index in [4.69, 9.17) is 21.4 Å². The molecule has 116 valence electrons. The molecule has 0 saturated carbocycles. The maximum Gasteiger partial charge on any atom is 0.326 e. The van der Waals surface area contributed by atoms with E-state index >= 15 is 0 Å². The van der Waals surface area contributed by atoms with E-state index in [1.165, 1.54) is 7.11 Å². The van der Waals surface area contributed by atoms with Gasteiger partial charge in [0.15, 0.2) is 0 Å². The Bertz CT molecular complexity index is 513. The molecule has 6 nitrogen and oxygen atoms in total. The van der Waals surface area contributed by atoms with E-state index in [-0.39, 0.29) is 6.42 Å². The van der Waals surface area contributed by atoms with E-state index in [0.717, 1.165) is 4.47 Å². The molecule has 0 aliphatic heterocycles. The van der Waals surface area contributed by atoms with Crippen molar-refractivity contribution in [2.24, 2.45) is 0 Å². The fourth-order valence-electron chi connectivity index (χ4n) is 1.60. The number of benzene rings is 1. The van der Waals surface area contributed by atoms with Gasteiger partial charge in [-0.2, -0.15) is 0 Å². The van der Waals surface area contributed by atoms with Gasteiger partial charge in [0.25, 0.3) is 0 Å². The lowest BCUT2D eigenvalue weighted by Gasteiger charge is -2.15. The van der Waals surface area contributed by atoms with Gasteiger partial charge in [0.05, 0.1) is 10.7 Å². The zero-order valence-corrected chi connectivity index (χ0v) is 13.7. The molecule has 0 saturated heterocycles. The van der Waals surface area contributed by atoms with Crippen LogP contribution in [0, 0.1) is 0 Å². The van der Waals surface area contributed by atoms with Crippen molar-refractivity contribution in [3.8, 4) is 0 Å². The highest BCUT2D eigenvalue weighted by Gasteiger charge is 2.19. The Morgan fingerprint density at radius 2 is 2.19 bits per heavy atom. The molecule has 0 bridgehead atoms. The summed E-state index contributed by atoms with van der Waals surface area (Å²) in [6, 6.07) is 3.37. The van der Waals surface area contributed by atoms with Gasteiger partial charge >= 0.3 is 12.0 Å². The van der Waals surface area contributed by atoms with Gasteiger partial charge in [0, 0.05) is 18.2 Å². The first-order valence-electron chi connectivity index (χ1n) is 6.18. The summed E-state index contributed by atoms with van der Waals surface area (Å²) in [6.45, 7) is 0.436. The van der Waals surface area contributed by atoms with Crippen LogP contribution in [0.3, 0.4) is 0 Å². The second-order valence-corrected chi connectivity index (χ2v) is 5.57. The zero-order chi connectivity index (χ0) is 15.8. The Kier molecular flexibility index (Phi) is 7.49. The average Bonchev–Trinajstić information content (AvgIpc) is 2.41. The molecular weight excluding hydrogens is 364 g/mol. The number of ether oxygens (including phenoxy) is 1. The number of amides is 2. The number of carboxylic acid groups (broad SMARTS) is 1. The molecule has 1 aromatic carbocycles.